The van der Waals surface area contributed by atoms with E-state index in [0.29, 0.717) is 5.91 Å². The number of rotatable bonds is 8. The van der Waals surface area contributed by atoms with Crippen LogP contribution in [0.3, 0.4) is 0 Å². The van der Waals surface area contributed by atoms with E-state index in [0.717, 1.165) is 65.0 Å². The van der Waals surface area contributed by atoms with E-state index < -0.39 is 0 Å². The van der Waals surface area contributed by atoms with Gasteiger partial charge in [-0.3, -0.25) is 9.69 Å². The number of carbonyl (C=O) groups is 1. The molecule has 0 aliphatic carbocycles. The fourth-order valence-corrected chi connectivity index (χ4v) is 2.82. The second-order valence-corrected chi connectivity index (χ2v) is 6.32. The molecule has 1 aliphatic rings. The molecule has 1 rings (SSSR count). The highest BCUT2D eigenvalue weighted by Gasteiger charge is 2.22. The van der Waals surface area contributed by atoms with Crippen molar-refractivity contribution in [2.24, 2.45) is 11.7 Å². The Bertz CT molecular complexity index is 297. The summed E-state index contributed by atoms with van der Waals surface area (Å²) in [5, 5.41) is 0. The van der Waals surface area contributed by atoms with E-state index in [1.165, 1.54) is 0 Å². The van der Waals surface area contributed by atoms with Gasteiger partial charge in [0.15, 0.2) is 0 Å². The van der Waals surface area contributed by atoms with Crippen molar-refractivity contribution in [3.8, 4) is 0 Å². The van der Waals surface area contributed by atoms with Crippen LogP contribution in [0.2, 0.25) is 0 Å². The monoisotopic (exact) mass is 299 g/mol. The zero-order valence-electron chi connectivity index (χ0n) is 14.0. The van der Waals surface area contributed by atoms with Gasteiger partial charge in [0, 0.05) is 45.2 Å². The van der Waals surface area contributed by atoms with Gasteiger partial charge in [0.25, 0.3) is 0 Å². The molecule has 0 bridgehead atoms. The van der Waals surface area contributed by atoms with Crippen molar-refractivity contribution in [2.75, 3.05) is 46.4 Å². The van der Waals surface area contributed by atoms with Crippen molar-refractivity contribution in [3.05, 3.63) is 0 Å². The Morgan fingerprint density at radius 3 is 2.62 bits per heavy atom. The summed E-state index contributed by atoms with van der Waals surface area (Å²) in [5.74, 6) is 0.433. The van der Waals surface area contributed by atoms with E-state index >= 15 is 0 Å². The fourth-order valence-electron chi connectivity index (χ4n) is 2.82. The van der Waals surface area contributed by atoms with Gasteiger partial charge in [0.1, 0.15) is 0 Å². The third-order valence-electron chi connectivity index (χ3n) is 4.23. The maximum absolute atomic E-state index is 12.5. The minimum Gasteiger partial charge on any atom is -0.383 e. The molecule has 0 spiro atoms. The van der Waals surface area contributed by atoms with Crippen molar-refractivity contribution >= 4 is 5.91 Å². The van der Waals surface area contributed by atoms with Crippen LogP contribution in [0.4, 0.5) is 0 Å². The van der Waals surface area contributed by atoms with Crippen molar-refractivity contribution in [2.45, 2.75) is 45.6 Å². The minimum absolute atomic E-state index is 0.120. The normalized spacial score (nSPS) is 20.1. The van der Waals surface area contributed by atoms with Crippen molar-refractivity contribution < 1.29 is 9.53 Å². The van der Waals surface area contributed by atoms with E-state index in [9.17, 15) is 4.79 Å². The van der Waals surface area contributed by atoms with Crippen LogP contribution in [0.1, 0.15) is 39.5 Å². The zero-order chi connectivity index (χ0) is 15.7. The van der Waals surface area contributed by atoms with Gasteiger partial charge in [0.2, 0.25) is 5.91 Å². The maximum Gasteiger partial charge on any atom is 0.225 e. The summed E-state index contributed by atoms with van der Waals surface area (Å²) in [5.41, 5.74) is 5.76. The Labute approximate surface area is 129 Å². The van der Waals surface area contributed by atoms with Crippen LogP contribution in [0, 0.1) is 5.92 Å². The van der Waals surface area contributed by atoms with Crippen LogP contribution >= 0.6 is 0 Å². The number of nitrogens with zero attached hydrogens (tertiary/aromatic N) is 2. The molecular weight excluding hydrogens is 266 g/mol. The predicted molar refractivity (Wildman–Crippen MR) is 86.2 cm³/mol. The van der Waals surface area contributed by atoms with Gasteiger partial charge in [-0.25, -0.2) is 0 Å². The largest absolute Gasteiger partial charge is 0.383 e. The molecule has 0 saturated carbocycles. The van der Waals surface area contributed by atoms with Crippen molar-refractivity contribution in [1.29, 1.82) is 0 Å². The highest BCUT2D eigenvalue weighted by atomic mass is 16.5. The first-order valence-corrected chi connectivity index (χ1v) is 8.30. The summed E-state index contributed by atoms with van der Waals surface area (Å²) in [4.78, 5) is 16.9. The molecule has 1 fully saturated rings. The third kappa shape index (κ3) is 7.25. The lowest BCUT2D eigenvalue weighted by Gasteiger charge is -2.25. The lowest BCUT2D eigenvalue weighted by Crippen LogP contribution is -2.38. The predicted octanol–water partition coefficient (Wildman–Crippen LogP) is 1.32. The molecule has 0 aromatic carbocycles. The summed E-state index contributed by atoms with van der Waals surface area (Å²) in [6.45, 7) is 9.56. The van der Waals surface area contributed by atoms with Crippen molar-refractivity contribution in [3.63, 3.8) is 0 Å². The van der Waals surface area contributed by atoms with E-state index in [1.807, 2.05) is 11.8 Å². The van der Waals surface area contributed by atoms with Gasteiger partial charge in [0.05, 0.1) is 6.61 Å². The second-order valence-electron chi connectivity index (χ2n) is 6.32. The highest BCUT2D eigenvalue weighted by molar-refractivity contribution is 5.78. The lowest BCUT2D eigenvalue weighted by atomic mass is 10.0. The summed E-state index contributed by atoms with van der Waals surface area (Å²) >= 11 is 0. The molecule has 0 aromatic heterocycles. The van der Waals surface area contributed by atoms with E-state index in [2.05, 4.69) is 11.8 Å². The Morgan fingerprint density at radius 2 is 1.95 bits per heavy atom. The molecule has 5 heteroatoms. The summed E-state index contributed by atoms with van der Waals surface area (Å²) < 4.78 is 5.13. The van der Waals surface area contributed by atoms with E-state index in [-0.39, 0.29) is 12.0 Å². The maximum atomic E-state index is 12.5. The molecule has 124 valence electrons. The van der Waals surface area contributed by atoms with Crippen LogP contribution < -0.4 is 5.73 Å². The molecule has 2 N–H and O–H groups in total. The zero-order valence-corrected chi connectivity index (χ0v) is 14.0. The number of carbonyl (C=O) groups excluding carboxylic acids is 1. The number of nitrogens with two attached hydrogens (primary N) is 1. The highest BCUT2D eigenvalue weighted by Crippen LogP contribution is 2.14. The van der Waals surface area contributed by atoms with Gasteiger partial charge < -0.3 is 15.4 Å². The summed E-state index contributed by atoms with van der Waals surface area (Å²) in [6.07, 6.45) is 4.05. The first-order valence-electron chi connectivity index (χ1n) is 8.30. The SMILES string of the molecule is COCCN1CCCN(C(=O)C(C)CCCC(C)N)CC1. The fraction of sp³-hybridized carbons (Fsp3) is 0.938. The van der Waals surface area contributed by atoms with Crippen molar-refractivity contribution in [1.82, 2.24) is 9.80 Å². The first kappa shape index (κ1) is 18.4. The molecule has 2 atom stereocenters. The number of methoxy groups -OCH3 is 1. The number of amides is 1. The van der Waals surface area contributed by atoms with Crippen LogP contribution in [0.15, 0.2) is 0 Å². The molecule has 1 aliphatic heterocycles. The third-order valence-corrected chi connectivity index (χ3v) is 4.23. The number of ether oxygens (including phenoxy) is 1. The lowest BCUT2D eigenvalue weighted by molar-refractivity contribution is -0.135. The average molecular weight is 299 g/mol. The Morgan fingerprint density at radius 1 is 1.19 bits per heavy atom. The first-order chi connectivity index (χ1) is 10.0. The smallest absolute Gasteiger partial charge is 0.225 e. The van der Waals surface area contributed by atoms with Gasteiger partial charge in [-0.05, 0) is 32.7 Å². The summed E-state index contributed by atoms with van der Waals surface area (Å²) in [6, 6.07) is 0.236. The molecule has 5 nitrogen and oxygen atoms in total. The van der Waals surface area contributed by atoms with Gasteiger partial charge in [-0.1, -0.05) is 13.3 Å². The quantitative estimate of drug-likeness (QED) is 0.734. The topological polar surface area (TPSA) is 58.8 Å². The second kappa shape index (κ2) is 10.1. The molecule has 0 radical (unpaired) electrons. The average Bonchev–Trinajstić information content (AvgIpc) is 2.69. The molecule has 0 aromatic rings. The molecule has 2 unspecified atom stereocenters. The van der Waals surface area contributed by atoms with Crippen LogP contribution in [0.25, 0.3) is 0 Å². The minimum atomic E-state index is 0.120. The molecule has 1 amide bonds. The molecular formula is C16H33N3O2. The molecule has 1 saturated heterocycles. The van der Waals surface area contributed by atoms with E-state index in [1.54, 1.807) is 7.11 Å². The Kier molecular flexibility index (Phi) is 8.88. The molecule has 21 heavy (non-hydrogen) atoms. The standard InChI is InChI=1S/C16H33N3O2/c1-14(6-4-7-15(2)17)16(20)19-9-5-8-18(10-11-19)12-13-21-3/h14-15H,4-13,17H2,1-3H3. The Hall–Kier alpha value is -0.650. The number of hydrogen-bond acceptors (Lipinski definition) is 4. The van der Waals surface area contributed by atoms with Gasteiger partial charge >= 0.3 is 0 Å². The summed E-state index contributed by atoms with van der Waals surface area (Å²) in [7, 11) is 1.73. The van der Waals surface area contributed by atoms with E-state index in [4.69, 9.17) is 10.5 Å². The number of hydrogen-bond donors (Lipinski definition) is 1. The molecule has 1 heterocycles. The van der Waals surface area contributed by atoms with Gasteiger partial charge in [-0.2, -0.15) is 0 Å². The Balaban J connectivity index is 2.33. The van der Waals surface area contributed by atoms with Crippen LogP contribution in [-0.2, 0) is 9.53 Å². The van der Waals surface area contributed by atoms with Gasteiger partial charge in [-0.15, -0.1) is 0 Å². The van der Waals surface area contributed by atoms with Crippen LogP contribution in [-0.4, -0.2) is 68.2 Å². The van der Waals surface area contributed by atoms with Crippen LogP contribution in [0.5, 0.6) is 0 Å².